The molecule has 2 atom stereocenters. The third-order valence-corrected chi connectivity index (χ3v) is 12.9. The van der Waals surface area contributed by atoms with Crippen molar-refractivity contribution in [1.82, 2.24) is 0 Å². The third-order valence-electron chi connectivity index (χ3n) is 5.35. The summed E-state index contributed by atoms with van der Waals surface area (Å²) in [5.74, 6) is -2.48. The van der Waals surface area contributed by atoms with Crippen LogP contribution in [-0.4, -0.2) is 92.4 Å². The van der Waals surface area contributed by atoms with E-state index < -0.39 is 52.7 Å². The summed E-state index contributed by atoms with van der Waals surface area (Å²) in [5, 5.41) is 0. The number of esters is 4. The maximum absolute atomic E-state index is 11.5. The van der Waals surface area contributed by atoms with E-state index in [4.69, 9.17) is 32.5 Å². The van der Waals surface area contributed by atoms with Crippen LogP contribution >= 0.6 is 0 Å². The number of carbonyl (C=O) groups is 4. The highest BCUT2D eigenvalue weighted by molar-refractivity contribution is 6.84. The SMILES string of the molecule is C=CC(=O)OCC(COCCC[Si](C)(C)O[Si](C)(C)CCCOCC(COC(=O)C=C)OC(=O)C=C)OC(=O)C=C. The Morgan fingerprint density at radius 2 is 0.927 bits per heavy atom. The number of ether oxygens (including phenoxy) is 6. The topological polar surface area (TPSA) is 133 Å². The second-order valence-electron chi connectivity index (χ2n) is 10.2. The minimum atomic E-state index is -1.98. The van der Waals surface area contributed by atoms with Crippen molar-refractivity contribution >= 4 is 40.5 Å². The first kappa shape index (κ1) is 38.2. The molecule has 0 aromatic carbocycles. The molecule has 232 valence electrons. The molecular formula is C28H46O11Si2. The first-order valence-electron chi connectivity index (χ1n) is 13.4. The lowest BCUT2D eigenvalue weighted by molar-refractivity contribution is -0.156. The molecule has 0 rings (SSSR count). The van der Waals surface area contributed by atoms with Crippen molar-refractivity contribution in [3.05, 3.63) is 50.6 Å². The van der Waals surface area contributed by atoms with Crippen molar-refractivity contribution in [3.63, 3.8) is 0 Å². The molecule has 0 spiro atoms. The van der Waals surface area contributed by atoms with Crippen LogP contribution in [0.2, 0.25) is 38.3 Å². The van der Waals surface area contributed by atoms with E-state index in [-0.39, 0.29) is 26.4 Å². The lowest BCUT2D eigenvalue weighted by Gasteiger charge is -2.34. The van der Waals surface area contributed by atoms with E-state index in [1.165, 1.54) is 0 Å². The van der Waals surface area contributed by atoms with Crippen molar-refractivity contribution < 1.29 is 51.7 Å². The van der Waals surface area contributed by atoms with E-state index in [9.17, 15) is 19.2 Å². The van der Waals surface area contributed by atoms with Crippen LogP contribution in [0.5, 0.6) is 0 Å². The summed E-state index contributed by atoms with van der Waals surface area (Å²) in [4.78, 5) is 45.7. The van der Waals surface area contributed by atoms with E-state index in [1.807, 2.05) is 0 Å². The van der Waals surface area contributed by atoms with Crippen LogP contribution in [0.15, 0.2) is 50.6 Å². The van der Waals surface area contributed by atoms with Gasteiger partial charge in [0.1, 0.15) is 13.2 Å². The summed E-state index contributed by atoms with van der Waals surface area (Å²) in [6, 6.07) is 1.75. The van der Waals surface area contributed by atoms with E-state index in [1.54, 1.807) is 0 Å². The van der Waals surface area contributed by atoms with Gasteiger partial charge in [0, 0.05) is 37.5 Å². The van der Waals surface area contributed by atoms with Crippen molar-refractivity contribution in [2.45, 2.75) is 63.3 Å². The summed E-state index contributed by atoms with van der Waals surface area (Å²) < 4.78 is 38.2. The average molecular weight is 615 g/mol. The number of hydrogen-bond donors (Lipinski definition) is 0. The second-order valence-corrected chi connectivity index (χ2v) is 19.0. The van der Waals surface area contributed by atoms with Crippen LogP contribution in [0.4, 0.5) is 0 Å². The number of rotatable bonds is 24. The Morgan fingerprint density at radius 1 is 0.585 bits per heavy atom. The zero-order chi connectivity index (χ0) is 31.3. The summed E-state index contributed by atoms with van der Waals surface area (Å²) in [6.07, 6.45) is 4.18. The Balaban J connectivity index is 4.47. The highest BCUT2D eigenvalue weighted by Crippen LogP contribution is 2.24. The number of carbonyl (C=O) groups excluding carboxylic acids is 4. The molecule has 0 amide bonds. The molecule has 0 heterocycles. The van der Waals surface area contributed by atoms with Crippen molar-refractivity contribution in [1.29, 1.82) is 0 Å². The molecule has 0 aromatic rings. The molecule has 11 nitrogen and oxygen atoms in total. The van der Waals surface area contributed by atoms with Gasteiger partial charge < -0.3 is 32.5 Å². The van der Waals surface area contributed by atoms with Gasteiger partial charge in [0.15, 0.2) is 28.8 Å². The summed E-state index contributed by atoms with van der Waals surface area (Å²) >= 11 is 0. The molecule has 0 radical (unpaired) electrons. The predicted octanol–water partition coefficient (Wildman–Crippen LogP) is 3.88. The van der Waals surface area contributed by atoms with Gasteiger partial charge in [-0.2, -0.15) is 0 Å². The molecule has 0 N–H and O–H groups in total. The molecule has 0 bridgehead atoms. The van der Waals surface area contributed by atoms with Gasteiger partial charge in [-0.3, -0.25) is 0 Å². The summed E-state index contributed by atoms with van der Waals surface area (Å²) in [7, 11) is -3.96. The lowest BCUT2D eigenvalue weighted by Crippen LogP contribution is -2.44. The molecule has 41 heavy (non-hydrogen) atoms. The standard InChI is InChI=1S/C28H46O11Si2/c1-9-25(29)35-21-23(37-27(31)11-3)19-33-15-13-17-40(5,6)39-41(7,8)18-14-16-34-20-24(38-28(32)12-4)22-36-26(30)10-2/h9-12,23-24H,1-4,13-22H2,5-8H3. The van der Waals surface area contributed by atoms with Crippen molar-refractivity contribution in [3.8, 4) is 0 Å². The van der Waals surface area contributed by atoms with Gasteiger partial charge in [-0.05, 0) is 51.1 Å². The van der Waals surface area contributed by atoms with Crippen LogP contribution in [0.25, 0.3) is 0 Å². The molecule has 2 unspecified atom stereocenters. The molecule has 13 heteroatoms. The second kappa shape index (κ2) is 20.9. The first-order chi connectivity index (χ1) is 19.3. The Labute approximate surface area is 245 Å². The zero-order valence-electron chi connectivity index (χ0n) is 24.9. The third kappa shape index (κ3) is 20.6. The molecule has 0 fully saturated rings. The fraction of sp³-hybridized carbons (Fsp3) is 0.571. The van der Waals surface area contributed by atoms with E-state index in [0.29, 0.717) is 13.2 Å². The van der Waals surface area contributed by atoms with Gasteiger partial charge in [0.05, 0.1) is 13.2 Å². The van der Waals surface area contributed by atoms with Gasteiger partial charge >= 0.3 is 23.9 Å². The maximum atomic E-state index is 11.5. The van der Waals surface area contributed by atoms with E-state index in [0.717, 1.165) is 49.2 Å². The molecule has 0 saturated heterocycles. The summed E-state index contributed by atoms with van der Waals surface area (Å²) in [6.45, 7) is 22.8. The maximum Gasteiger partial charge on any atom is 0.330 e. The highest BCUT2D eigenvalue weighted by Gasteiger charge is 2.32. The van der Waals surface area contributed by atoms with Gasteiger partial charge in [-0.1, -0.05) is 26.3 Å². The van der Waals surface area contributed by atoms with Crippen LogP contribution in [0.1, 0.15) is 12.8 Å². The fourth-order valence-electron chi connectivity index (χ4n) is 3.60. The Morgan fingerprint density at radius 3 is 1.24 bits per heavy atom. The van der Waals surface area contributed by atoms with E-state index in [2.05, 4.69) is 52.5 Å². The Hall–Kier alpha value is -2.85. The molecule has 0 saturated carbocycles. The molecule has 0 aliphatic rings. The minimum Gasteiger partial charge on any atom is -0.458 e. The van der Waals surface area contributed by atoms with Crippen molar-refractivity contribution in [2.24, 2.45) is 0 Å². The minimum absolute atomic E-state index is 0.0808. The normalized spacial score (nSPS) is 12.8. The van der Waals surface area contributed by atoms with Crippen molar-refractivity contribution in [2.75, 3.05) is 39.6 Å². The first-order valence-corrected chi connectivity index (χ1v) is 19.6. The molecular weight excluding hydrogens is 568 g/mol. The average Bonchev–Trinajstić information content (AvgIpc) is 2.92. The van der Waals surface area contributed by atoms with Gasteiger partial charge in [0.2, 0.25) is 0 Å². The predicted molar refractivity (Wildman–Crippen MR) is 159 cm³/mol. The monoisotopic (exact) mass is 614 g/mol. The zero-order valence-corrected chi connectivity index (χ0v) is 26.9. The summed E-state index contributed by atoms with van der Waals surface area (Å²) in [5.41, 5.74) is 0. The van der Waals surface area contributed by atoms with Crippen LogP contribution in [0.3, 0.4) is 0 Å². The number of hydrogen-bond acceptors (Lipinski definition) is 11. The molecule has 0 aliphatic heterocycles. The van der Waals surface area contributed by atoms with Crippen LogP contribution in [0, 0.1) is 0 Å². The lowest BCUT2D eigenvalue weighted by atomic mass is 10.4. The molecule has 0 aromatic heterocycles. The smallest absolute Gasteiger partial charge is 0.330 e. The quantitative estimate of drug-likeness (QED) is 0.0516. The van der Waals surface area contributed by atoms with E-state index >= 15 is 0 Å². The Kier molecular flexibility index (Phi) is 19.5. The van der Waals surface area contributed by atoms with Gasteiger partial charge in [0.25, 0.3) is 0 Å². The fourth-order valence-corrected chi connectivity index (χ4v) is 12.4. The molecule has 0 aliphatic carbocycles. The van der Waals surface area contributed by atoms with Gasteiger partial charge in [-0.15, -0.1) is 0 Å². The van der Waals surface area contributed by atoms with Crippen LogP contribution < -0.4 is 0 Å². The highest BCUT2D eigenvalue weighted by atomic mass is 28.4. The largest absolute Gasteiger partial charge is 0.458 e. The Bertz CT molecular complexity index is 816. The van der Waals surface area contributed by atoms with Gasteiger partial charge in [-0.25, -0.2) is 19.2 Å². The van der Waals surface area contributed by atoms with Crippen LogP contribution in [-0.2, 0) is 51.7 Å².